The molecule has 1 aliphatic carbocycles. The second kappa shape index (κ2) is 9.06. The molecule has 1 saturated carbocycles. The average Bonchev–Trinajstić information content (AvgIpc) is 3.23. The number of amides is 2. The van der Waals surface area contributed by atoms with Gasteiger partial charge in [-0.2, -0.15) is 0 Å². The van der Waals surface area contributed by atoms with Crippen molar-refractivity contribution >= 4 is 22.7 Å². The summed E-state index contributed by atoms with van der Waals surface area (Å²) in [5.74, 6) is 0.855. The minimum Gasteiger partial charge on any atom is -0.496 e. The fourth-order valence-electron chi connectivity index (χ4n) is 6.56. The van der Waals surface area contributed by atoms with Gasteiger partial charge in [-0.1, -0.05) is 68.5 Å². The SMILES string of the molecule is COc1ccccc1C1c2[nH]c3ccccc3c2CC2C(=O)N(C3CCCCCCC3)CC(=O)N21. The van der Waals surface area contributed by atoms with E-state index in [2.05, 4.69) is 17.1 Å². The first-order valence-corrected chi connectivity index (χ1v) is 13.0. The molecule has 2 amide bonds. The van der Waals surface area contributed by atoms with E-state index in [-0.39, 0.29) is 30.4 Å². The molecular weight excluding hydrogens is 438 g/mol. The zero-order chi connectivity index (χ0) is 23.9. The molecule has 6 rings (SSSR count). The van der Waals surface area contributed by atoms with Crippen LogP contribution in [0.1, 0.15) is 67.8 Å². The van der Waals surface area contributed by atoms with Gasteiger partial charge in [-0.15, -0.1) is 0 Å². The predicted molar refractivity (Wildman–Crippen MR) is 135 cm³/mol. The van der Waals surface area contributed by atoms with Crippen LogP contribution < -0.4 is 4.74 Å². The number of para-hydroxylation sites is 2. The van der Waals surface area contributed by atoms with Gasteiger partial charge in [0.15, 0.2) is 0 Å². The van der Waals surface area contributed by atoms with Gasteiger partial charge in [-0.25, -0.2) is 0 Å². The maximum atomic E-state index is 14.1. The first-order valence-electron chi connectivity index (χ1n) is 13.0. The lowest BCUT2D eigenvalue weighted by atomic mass is 9.85. The Morgan fingerprint density at radius 2 is 1.63 bits per heavy atom. The van der Waals surface area contributed by atoms with Gasteiger partial charge in [0.2, 0.25) is 11.8 Å². The molecule has 1 N–H and O–H groups in total. The Hall–Kier alpha value is -3.28. The Labute approximate surface area is 206 Å². The number of ether oxygens (including phenoxy) is 1. The molecular formula is C29H33N3O3. The van der Waals surface area contributed by atoms with Crippen LogP contribution in [0, 0.1) is 0 Å². The van der Waals surface area contributed by atoms with Crippen LogP contribution in [0.5, 0.6) is 5.75 Å². The number of hydrogen-bond acceptors (Lipinski definition) is 3. The van der Waals surface area contributed by atoms with E-state index >= 15 is 0 Å². The van der Waals surface area contributed by atoms with Crippen molar-refractivity contribution in [2.45, 2.75) is 69.5 Å². The summed E-state index contributed by atoms with van der Waals surface area (Å²) in [5, 5.41) is 1.13. The van der Waals surface area contributed by atoms with Crippen molar-refractivity contribution in [1.82, 2.24) is 14.8 Å². The number of aromatic amines is 1. The third-order valence-corrected chi connectivity index (χ3v) is 8.24. The molecule has 2 atom stereocenters. The highest BCUT2D eigenvalue weighted by Gasteiger charge is 2.49. The van der Waals surface area contributed by atoms with E-state index in [9.17, 15) is 9.59 Å². The number of hydrogen-bond donors (Lipinski definition) is 1. The maximum absolute atomic E-state index is 14.1. The number of methoxy groups -OCH3 is 1. The summed E-state index contributed by atoms with van der Waals surface area (Å²) >= 11 is 0. The van der Waals surface area contributed by atoms with Gasteiger partial charge < -0.3 is 19.5 Å². The molecule has 2 aromatic carbocycles. The maximum Gasteiger partial charge on any atom is 0.246 e. The zero-order valence-corrected chi connectivity index (χ0v) is 20.3. The quantitative estimate of drug-likeness (QED) is 0.586. The molecule has 0 radical (unpaired) electrons. The zero-order valence-electron chi connectivity index (χ0n) is 20.3. The molecule has 2 fully saturated rings. The normalized spacial score (nSPS) is 23.6. The van der Waals surface area contributed by atoms with Crippen molar-refractivity contribution in [2.24, 2.45) is 0 Å². The summed E-state index contributed by atoms with van der Waals surface area (Å²) in [4.78, 5) is 35.3. The van der Waals surface area contributed by atoms with Gasteiger partial charge in [0.1, 0.15) is 24.4 Å². The minimum atomic E-state index is -0.497. The number of carbonyl (C=O) groups is 2. The highest BCUT2D eigenvalue weighted by Crippen LogP contribution is 2.45. The molecule has 6 nitrogen and oxygen atoms in total. The number of H-pyrrole nitrogens is 1. The molecule has 1 saturated heterocycles. The van der Waals surface area contributed by atoms with Crippen LogP contribution in [0.25, 0.3) is 10.9 Å². The lowest BCUT2D eigenvalue weighted by Gasteiger charge is -2.49. The van der Waals surface area contributed by atoms with Crippen LogP contribution in [0.4, 0.5) is 0 Å². The predicted octanol–water partition coefficient (Wildman–Crippen LogP) is 4.97. The molecule has 2 unspecified atom stereocenters. The van der Waals surface area contributed by atoms with Gasteiger partial charge in [-0.05, 0) is 30.5 Å². The van der Waals surface area contributed by atoms with Crippen LogP contribution in [0.2, 0.25) is 0 Å². The first kappa shape index (κ1) is 22.2. The summed E-state index contributed by atoms with van der Waals surface area (Å²) in [7, 11) is 1.66. The Morgan fingerprint density at radius 1 is 0.914 bits per heavy atom. The second-order valence-electron chi connectivity index (χ2n) is 10.2. The molecule has 35 heavy (non-hydrogen) atoms. The second-order valence-corrected chi connectivity index (χ2v) is 10.2. The van der Waals surface area contributed by atoms with Crippen molar-refractivity contribution in [3.63, 3.8) is 0 Å². The topological polar surface area (TPSA) is 65.6 Å². The van der Waals surface area contributed by atoms with E-state index in [1.165, 1.54) is 19.3 Å². The third kappa shape index (κ3) is 3.70. The fraction of sp³-hybridized carbons (Fsp3) is 0.448. The van der Waals surface area contributed by atoms with Crippen LogP contribution >= 0.6 is 0 Å². The van der Waals surface area contributed by atoms with E-state index in [1.54, 1.807) is 7.11 Å². The highest BCUT2D eigenvalue weighted by atomic mass is 16.5. The van der Waals surface area contributed by atoms with Crippen LogP contribution in [0.3, 0.4) is 0 Å². The number of nitrogens with one attached hydrogen (secondary N) is 1. The Bertz CT molecular complexity index is 1260. The van der Waals surface area contributed by atoms with Gasteiger partial charge >= 0.3 is 0 Å². The van der Waals surface area contributed by atoms with E-state index in [1.807, 2.05) is 46.2 Å². The van der Waals surface area contributed by atoms with Crippen molar-refractivity contribution < 1.29 is 14.3 Å². The molecule has 3 aromatic rings. The summed E-state index contributed by atoms with van der Waals surface area (Å²) in [6.07, 6.45) is 8.52. The molecule has 0 spiro atoms. The number of fused-ring (bicyclic) bond motifs is 4. The first-order chi connectivity index (χ1) is 17.2. The Morgan fingerprint density at radius 3 is 2.43 bits per heavy atom. The molecule has 182 valence electrons. The Balaban J connectivity index is 1.46. The number of piperazine rings is 1. The molecule has 6 heteroatoms. The molecule has 1 aromatic heterocycles. The average molecular weight is 472 g/mol. The number of aromatic nitrogens is 1. The lowest BCUT2D eigenvalue weighted by Crippen LogP contribution is -2.64. The van der Waals surface area contributed by atoms with Gasteiger partial charge in [0.05, 0.1) is 7.11 Å². The van der Waals surface area contributed by atoms with Crippen molar-refractivity contribution in [1.29, 1.82) is 0 Å². The van der Waals surface area contributed by atoms with Crippen molar-refractivity contribution in [3.8, 4) is 5.75 Å². The van der Waals surface area contributed by atoms with Crippen LogP contribution in [-0.2, 0) is 16.0 Å². The van der Waals surface area contributed by atoms with Crippen molar-refractivity contribution in [3.05, 3.63) is 65.4 Å². The molecule has 3 heterocycles. The number of rotatable bonds is 3. The fourth-order valence-corrected chi connectivity index (χ4v) is 6.56. The number of benzene rings is 2. The summed E-state index contributed by atoms with van der Waals surface area (Å²) in [6, 6.07) is 15.4. The molecule has 2 aliphatic heterocycles. The van der Waals surface area contributed by atoms with Crippen LogP contribution in [0.15, 0.2) is 48.5 Å². The third-order valence-electron chi connectivity index (χ3n) is 8.24. The lowest BCUT2D eigenvalue weighted by molar-refractivity contribution is -0.161. The van der Waals surface area contributed by atoms with Gasteiger partial charge in [0, 0.05) is 34.6 Å². The smallest absolute Gasteiger partial charge is 0.246 e. The van der Waals surface area contributed by atoms with Crippen molar-refractivity contribution in [2.75, 3.05) is 13.7 Å². The largest absolute Gasteiger partial charge is 0.496 e. The van der Waals surface area contributed by atoms with E-state index in [4.69, 9.17) is 4.74 Å². The standard InChI is InChI=1S/C29H33N3O3/c1-35-25-16-10-8-14-21(25)28-27-22(20-13-7-9-15-23(20)30-27)17-24-29(34)31(18-26(33)32(24)28)19-11-5-3-2-4-6-12-19/h7-10,13-16,19,24,28,30H,2-6,11-12,17-18H2,1H3. The minimum absolute atomic E-state index is 0.0249. The van der Waals surface area contributed by atoms with Crippen LogP contribution in [-0.4, -0.2) is 52.3 Å². The van der Waals surface area contributed by atoms with Gasteiger partial charge in [0.25, 0.3) is 0 Å². The van der Waals surface area contributed by atoms with E-state index < -0.39 is 6.04 Å². The summed E-state index contributed by atoms with van der Waals surface area (Å²) < 4.78 is 5.72. The van der Waals surface area contributed by atoms with Gasteiger partial charge in [-0.3, -0.25) is 9.59 Å². The summed E-state index contributed by atoms with van der Waals surface area (Å²) in [6.45, 7) is 0.168. The molecule has 0 bridgehead atoms. The number of carbonyl (C=O) groups excluding carboxylic acids is 2. The number of nitrogens with zero attached hydrogens (tertiary/aromatic N) is 2. The highest BCUT2D eigenvalue weighted by molar-refractivity contribution is 5.98. The van der Waals surface area contributed by atoms with E-state index in [0.717, 1.165) is 59.2 Å². The van der Waals surface area contributed by atoms with E-state index in [0.29, 0.717) is 6.42 Å². The molecule has 3 aliphatic rings. The monoisotopic (exact) mass is 471 g/mol. The Kier molecular flexibility index (Phi) is 5.75. The summed E-state index contributed by atoms with van der Waals surface area (Å²) in [5.41, 5.74) is 4.08.